The SMILES string of the molecule is COCCS(=O)(=O)Nc1cc(Cl)ccc1N. The maximum Gasteiger partial charge on any atom is 0.235 e. The number of hydrogen-bond acceptors (Lipinski definition) is 4. The summed E-state index contributed by atoms with van der Waals surface area (Å²) in [5.41, 5.74) is 6.21. The molecule has 0 fully saturated rings. The van der Waals surface area contributed by atoms with E-state index in [4.69, 9.17) is 22.1 Å². The molecule has 7 heteroatoms. The topological polar surface area (TPSA) is 81.4 Å². The zero-order chi connectivity index (χ0) is 12.2. The minimum atomic E-state index is -3.45. The number of nitrogens with one attached hydrogen (secondary N) is 1. The number of ether oxygens (including phenoxy) is 1. The minimum Gasteiger partial charge on any atom is -0.397 e. The van der Waals surface area contributed by atoms with E-state index >= 15 is 0 Å². The van der Waals surface area contributed by atoms with Crippen molar-refractivity contribution in [1.82, 2.24) is 0 Å². The molecule has 0 saturated heterocycles. The van der Waals surface area contributed by atoms with E-state index in [1.54, 1.807) is 6.07 Å². The molecule has 1 rings (SSSR count). The van der Waals surface area contributed by atoms with Crippen LogP contribution in [0, 0.1) is 0 Å². The summed E-state index contributed by atoms with van der Waals surface area (Å²) in [5.74, 6) is -0.130. The van der Waals surface area contributed by atoms with Crippen LogP contribution < -0.4 is 10.5 Å². The van der Waals surface area contributed by atoms with Crippen molar-refractivity contribution in [1.29, 1.82) is 0 Å². The van der Waals surface area contributed by atoms with Crippen LogP contribution in [-0.2, 0) is 14.8 Å². The Morgan fingerprint density at radius 3 is 2.81 bits per heavy atom. The van der Waals surface area contributed by atoms with Crippen molar-refractivity contribution in [2.45, 2.75) is 0 Å². The van der Waals surface area contributed by atoms with Crippen LogP contribution in [0.25, 0.3) is 0 Å². The lowest BCUT2D eigenvalue weighted by Gasteiger charge is -2.10. The maximum absolute atomic E-state index is 11.5. The molecule has 0 aromatic heterocycles. The van der Waals surface area contributed by atoms with Gasteiger partial charge in [0.1, 0.15) is 0 Å². The summed E-state index contributed by atoms with van der Waals surface area (Å²) >= 11 is 5.73. The molecule has 16 heavy (non-hydrogen) atoms. The van der Waals surface area contributed by atoms with E-state index in [0.717, 1.165) is 0 Å². The van der Waals surface area contributed by atoms with Gasteiger partial charge in [-0.1, -0.05) is 11.6 Å². The van der Waals surface area contributed by atoms with Crippen LogP contribution in [0.2, 0.25) is 5.02 Å². The molecular weight excluding hydrogens is 252 g/mol. The highest BCUT2D eigenvalue weighted by Gasteiger charge is 2.11. The van der Waals surface area contributed by atoms with E-state index in [1.165, 1.54) is 19.2 Å². The summed E-state index contributed by atoms with van der Waals surface area (Å²) in [7, 11) is -2.02. The summed E-state index contributed by atoms with van der Waals surface area (Å²) in [6.07, 6.45) is 0. The van der Waals surface area contributed by atoms with Gasteiger partial charge in [-0.3, -0.25) is 4.72 Å². The Kier molecular flexibility index (Phi) is 4.40. The second-order valence-electron chi connectivity index (χ2n) is 3.15. The Labute approximate surface area is 99.6 Å². The largest absolute Gasteiger partial charge is 0.397 e. The van der Waals surface area contributed by atoms with E-state index in [-0.39, 0.29) is 18.0 Å². The third kappa shape index (κ3) is 3.88. The first kappa shape index (κ1) is 13.1. The minimum absolute atomic E-state index is 0.121. The van der Waals surface area contributed by atoms with Gasteiger partial charge in [0.2, 0.25) is 10.0 Å². The van der Waals surface area contributed by atoms with Gasteiger partial charge in [0, 0.05) is 12.1 Å². The molecule has 1 aromatic carbocycles. The zero-order valence-corrected chi connectivity index (χ0v) is 10.3. The Hall–Kier alpha value is -0.980. The number of benzene rings is 1. The average molecular weight is 265 g/mol. The predicted molar refractivity (Wildman–Crippen MR) is 65.1 cm³/mol. The van der Waals surface area contributed by atoms with E-state index in [1.807, 2.05) is 0 Å². The van der Waals surface area contributed by atoms with E-state index in [2.05, 4.69) is 4.72 Å². The first-order chi connectivity index (χ1) is 7.44. The lowest BCUT2D eigenvalue weighted by molar-refractivity contribution is 0.217. The fourth-order valence-electron chi connectivity index (χ4n) is 1.03. The van der Waals surface area contributed by atoms with Crippen molar-refractivity contribution < 1.29 is 13.2 Å². The van der Waals surface area contributed by atoms with Gasteiger partial charge in [-0.05, 0) is 18.2 Å². The molecule has 0 aliphatic heterocycles. The first-order valence-electron chi connectivity index (χ1n) is 4.49. The predicted octanol–water partition coefficient (Wildman–Crippen LogP) is 1.31. The highest BCUT2D eigenvalue weighted by molar-refractivity contribution is 7.92. The van der Waals surface area contributed by atoms with E-state index in [0.29, 0.717) is 10.7 Å². The molecule has 5 nitrogen and oxygen atoms in total. The van der Waals surface area contributed by atoms with Gasteiger partial charge >= 0.3 is 0 Å². The van der Waals surface area contributed by atoms with Crippen LogP contribution >= 0.6 is 11.6 Å². The monoisotopic (exact) mass is 264 g/mol. The molecule has 0 unspecified atom stereocenters. The Morgan fingerprint density at radius 1 is 1.50 bits per heavy atom. The quantitative estimate of drug-likeness (QED) is 0.786. The second kappa shape index (κ2) is 5.38. The highest BCUT2D eigenvalue weighted by atomic mass is 35.5. The lowest BCUT2D eigenvalue weighted by Crippen LogP contribution is -2.20. The van der Waals surface area contributed by atoms with Crippen LogP contribution in [0.5, 0.6) is 0 Å². The van der Waals surface area contributed by atoms with Crippen molar-refractivity contribution in [3.05, 3.63) is 23.2 Å². The number of halogens is 1. The Bertz CT molecular complexity index is 462. The summed E-state index contributed by atoms with van der Waals surface area (Å²) in [6.45, 7) is 0.121. The van der Waals surface area contributed by atoms with E-state index in [9.17, 15) is 8.42 Å². The fourth-order valence-corrected chi connectivity index (χ4v) is 2.20. The van der Waals surface area contributed by atoms with E-state index < -0.39 is 10.0 Å². The molecule has 90 valence electrons. The summed E-state index contributed by atoms with van der Waals surface area (Å²) in [4.78, 5) is 0. The van der Waals surface area contributed by atoms with Crippen LogP contribution in [0.3, 0.4) is 0 Å². The van der Waals surface area contributed by atoms with Gasteiger partial charge in [0.25, 0.3) is 0 Å². The van der Waals surface area contributed by atoms with Crippen LogP contribution in [0.4, 0.5) is 11.4 Å². The lowest BCUT2D eigenvalue weighted by atomic mass is 10.3. The summed E-state index contributed by atoms with van der Waals surface area (Å²) in [5, 5.41) is 0.415. The maximum atomic E-state index is 11.5. The molecule has 0 amide bonds. The molecular formula is C9H13ClN2O3S. The number of nitrogens with two attached hydrogens (primary N) is 1. The number of anilines is 2. The van der Waals surface area contributed by atoms with Gasteiger partial charge in [-0.15, -0.1) is 0 Å². The molecule has 0 radical (unpaired) electrons. The van der Waals surface area contributed by atoms with Gasteiger partial charge < -0.3 is 10.5 Å². The van der Waals surface area contributed by atoms with Crippen molar-refractivity contribution in [2.24, 2.45) is 0 Å². The van der Waals surface area contributed by atoms with Crippen molar-refractivity contribution in [3.8, 4) is 0 Å². The molecule has 0 heterocycles. The molecule has 0 aliphatic carbocycles. The van der Waals surface area contributed by atoms with Gasteiger partial charge in [-0.2, -0.15) is 0 Å². The normalized spacial score (nSPS) is 11.4. The fraction of sp³-hybridized carbons (Fsp3) is 0.333. The zero-order valence-electron chi connectivity index (χ0n) is 8.73. The number of methoxy groups -OCH3 is 1. The van der Waals surface area contributed by atoms with Crippen molar-refractivity contribution in [2.75, 3.05) is 29.9 Å². The molecule has 0 saturated carbocycles. The van der Waals surface area contributed by atoms with Crippen LogP contribution in [0.15, 0.2) is 18.2 Å². The molecule has 3 N–H and O–H groups in total. The Morgan fingerprint density at radius 2 is 2.19 bits per heavy atom. The number of rotatable bonds is 5. The standard InChI is InChI=1S/C9H13ClN2O3S/c1-15-4-5-16(13,14)12-9-6-7(10)2-3-8(9)11/h2-3,6,12H,4-5,11H2,1H3. The van der Waals surface area contributed by atoms with Gasteiger partial charge in [-0.25, -0.2) is 8.42 Å². The first-order valence-corrected chi connectivity index (χ1v) is 6.52. The van der Waals surface area contributed by atoms with Crippen LogP contribution in [-0.4, -0.2) is 27.9 Å². The van der Waals surface area contributed by atoms with Crippen LogP contribution in [0.1, 0.15) is 0 Å². The molecule has 0 aliphatic rings. The molecule has 0 spiro atoms. The molecule has 1 aromatic rings. The number of nitrogen functional groups attached to an aromatic ring is 1. The van der Waals surface area contributed by atoms with Crippen molar-refractivity contribution in [3.63, 3.8) is 0 Å². The smallest absolute Gasteiger partial charge is 0.235 e. The average Bonchev–Trinajstić information content (AvgIpc) is 2.20. The number of sulfonamides is 1. The summed E-state index contributed by atoms with van der Waals surface area (Å²) in [6, 6.07) is 4.58. The number of hydrogen-bond donors (Lipinski definition) is 2. The third-order valence-corrected chi connectivity index (χ3v) is 3.31. The van der Waals surface area contributed by atoms with Gasteiger partial charge in [0.05, 0.1) is 23.7 Å². The molecule has 0 atom stereocenters. The summed E-state index contributed by atoms with van der Waals surface area (Å²) < 4.78 is 30.1. The third-order valence-electron chi connectivity index (χ3n) is 1.84. The van der Waals surface area contributed by atoms with Crippen molar-refractivity contribution >= 4 is 33.0 Å². The second-order valence-corrected chi connectivity index (χ2v) is 5.42. The molecule has 0 bridgehead atoms. The Balaban J connectivity index is 2.83. The highest BCUT2D eigenvalue weighted by Crippen LogP contribution is 2.23. The van der Waals surface area contributed by atoms with Gasteiger partial charge in [0.15, 0.2) is 0 Å².